The molecule has 0 radical (unpaired) electrons. The van der Waals surface area contributed by atoms with Crippen LogP contribution < -0.4 is 5.56 Å². The minimum absolute atomic E-state index is 0.0178. The van der Waals surface area contributed by atoms with Gasteiger partial charge in [-0.25, -0.2) is 4.79 Å². The Labute approximate surface area is 94.8 Å². The highest BCUT2D eigenvalue weighted by molar-refractivity contribution is 7.71. The zero-order valence-electron chi connectivity index (χ0n) is 8.31. The molecule has 0 atom stereocenters. The van der Waals surface area contributed by atoms with Crippen LogP contribution in [0, 0.1) is 4.77 Å². The summed E-state index contributed by atoms with van der Waals surface area (Å²) in [5, 5.41) is 9.33. The van der Waals surface area contributed by atoms with Crippen molar-refractivity contribution in [2.24, 2.45) is 4.99 Å². The van der Waals surface area contributed by atoms with E-state index in [0.29, 0.717) is 0 Å². The number of aliphatic imine (C=N–C) groups is 1. The van der Waals surface area contributed by atoms with Crippen LogP contribution in [0.15, 0.2) is 9.79 Å². The Balaban J connectivity index is 3.03. The van der Waals surface area contributed by atoms with Crippen LogP contribution in [-0.2, 0) is 4.74 Å². The number of carbonyl (C=O) groups is 1. The van der Waals surface area contributed by atoms with Gasteiger partial charge in [0.2, 0.25) is 5.88 Å². The number of hydrogen-bond acceptors (Lipinski definition) is 5. The molecule has 86 valence electrons. The summed E-state index contributed by atoms with van der Waals surface area (Å²) in [6.07, 6.45) is 0.0565. The van der Waals surface area contributed by atoms with Crippen molar-refractivity contribution in [2.75, 3.05) is 6.61 Å². The van der Waals surface area contributed by atoms with Crippen molar-refractivity contribution >= 4 is 24.5 Å². The van der Waals surface area contributed by atoms with E-state index in [0.717, 1.165) is 6.21 Å². The summed E-state index contributed by atoms with van der Waals surface area (Å²) in [4.78, 5) is 30.0. The van der Waals surface area contributed by atoms with Crippen LogP contribution in [0.4, 0.5) is 4.79 Å². The molecule has 0 unspecified atom stereocenters. The van der Waals surface area contributed by atoms with Crippen LogP contribution in [0.2, 0.25) is 0 Å². The number of aromatic nitrogens is 2. The smallest absolute Gasteiger partial charge is 0.433 e. The maximum Gasteiger partial charge on any atom is 0.433 e. The second kappa shape index (κ2) is 5.21. The number of carbonyl (C=O) groups excluding carboxylic acids is 1. The largest absolute Gasteiger partial charge is 0.494 e. The standard InChI is InChI=1S/C8H9N3O4S/c1-2-15-8(14)9-3-4-5(12)10-7(16)11-6(4)13/h3H,2H2,1H3,(H3,10,11,12,13,16). The van der Waals surface area contributed by atoms with Crippen molar-refractivity contribution in [3.8, 4) is 5.88 Å². The van der Waals surface area contributed by atoms with Crippen molar-refractivity contribution in [3.05, 3.63) is 20.7 Å². The molecule has 7 nitrogen and oxygen atoms in total. The minimum Gasteiger partial charge on any atom is -0.494 e. The van der Waals surface area contributed by atoms with Crippen LogP contribution in [0.5, 0.6) is 5.88 Å². The minimum atomic E-state index is -0.844. The maximum atomic E-state index is 11.3. The predicted octanol–water partition coefficient (Wildman–Crippen LogP) is 0.713. The third-order valence-electron chi connectivity index (χ3n) is 1.53. The molecule has 0 aromatic carbocycles. The van der Waals surface area contributed by atoms with Crippen LogP contribution in [-0.4, -0.2) is 34.0 Å². The SMILES string of the molecule is CCOC(=O)N=Cc1c(O)[nH]c(=S)[nH]c1=O. The van der Waals surface area contributed by atoms with Gasteiger partial charge in [-0.1, -0.05) is 0 Å². The zero-order valence-corrected chi connectivity index (χ0v) is 9.13. The number of rotatable bonds is 2. The van der Waals surface area contributed by atoms with E-state index in [9.17, 15) is 14.7 Å². The van der Waals surface area contributed by atoms with E-state index in [4.69, 9.17) is 0 Å². The molecule has 0 aliphatic carbocycles. The fourth-order valence-corrected chi connectivity index (χ4v) is 1.07. The summed E-state index contributed by atoms with van der Waals surface area (Å²) < 4.78 is 4.49. The quantitative estimate of drug-likeness (QED) is 0.523. The van der Waals surface area contributed by atoms with Crippen LogP contribution in [0.25, 0.3) is 0 Å². The van der Waals surface area contributed by atoms with Gasteiger partial charge in [0.15, 0.2) is 4.77 Å². The van der Waals surface area contributed by atoms with E-state index in [2.05, 4.69) is 31.9 Å². The molecule has 0 spiro atoms. The fourth-order valence-electron chi connectivity index (χ4n) is 0.882. The molecule has 1 aromatic heterocycles. The van der Waals surface area contributed by atoms with Crippen LogP contribution >= 0.6 is 12.2 Å². The Bertz CT molecular complexity index is 531. The first kappa shape index (κ1) is 12.1. The summed E-state index contributed by atoms with van der Waals surface area (Å²) in [6.45, 7) is 1.80. The van der Waals surface area contributed by atoms with Gasteiger partial charge < -0.3 is 14.8 Å². The van der Waals surface area contributed by atoms with Gasteiger partial charge in [0, 0.05) is 0 Å². The van der Waals surface area contributed by atoms with Gasteiger partial charge in [0.25, 0.3) is 5.56 Å². The molecule has 0 bridgehead atoms. The number of amides is 1. The molecule has 0 fully saturated rings. The number of hydrogen-bond donors (Lipinski definition) is 3. The lowest BCUT2D eigenvalue weighted by molar-refractivity contribution is 0.163. The molecule has 1 amide bonds. The Hall–Kier alpha value is -1.96. The normalized spacial score (nSPS) is 10.6. The number of ether oxygens (including phenoxy) is 1. The summed E-state index contributed by atoms with van der Waals surface area (Å²) in [6, 6.07) is 0. The highest BCUT2D eigenvalue weighted by atomic mass is 32.1. The number of nitrogens with zero attached hydrogens (tertiary/aromatic N) is 1. The number of nitrogens with one attached hydrogen (secondary N) is 2. The highest BCUT2D eigenvalue weighted by Gasteiger charge is 2.05. The first-order valence-corrected chi connectivity index (χ1v) is 4.71. The van der Waals surface area contributed by atoms with Crippen molar-refractivity contribution in [3.63, 3.8) is 0 Å². The molecule has 16 heavy (non-hydrogen) atoms. The number of aromatic amines is 2. The Morgan fingerprint density at radius 2 is 2.31 bits per heavy atom. The molecular formula is C8H9N3O4S. The number of aromatic hydroxyl groups is 1. The Kier molecular flexibility index (Phi) is 3.95. The van der Waals surface area contributed by atoms with E-state index in [1.165, 1.54) is 0 Å². The molecular weight excluding hydrogens is 234 g/mol. The predicted molar refractivity (Wildman–Crippen MR) is 58.5 cm³/mol. The number of H-pyrrole nitrogens is 2. The van der Waals surface area contributed by atoms with Crippen molar-refractivity contribution < 1.29 is 14.6 Å². The van der Waals surface area contributed by atoms with E-state index in [1.807, 2.05) is 0 Å². The fraction of sp³-hybridized carbons (Fsp3) is 0.250. The first-order chi connectivity index (χ1) is 7.54. The van der Waals surface area contributed by atoms with Gasteiger partial charge >= 0.3 is 6.09 Å². The zero-order chi connectivity index (χ0) is 12.1. The van der Waals surface area contributed by atoms with E-state index >= 15 is 0 Å². The molecule has 0 saturated carbocycles. The van der Waals surface area contributed by atoms with Crippen LogP contribution in [0.1, 0.15) is 12.5 Å². The van der Waals surface area contributed by atoms with Gasteiger partial charge in [0.05, 0.1) is 12.8 Å². The van der Waals surface area contributed by atoms with Gasteiger partial charge in [-0.3, -0.25) is 9.78 Å². The monoisotopic (exact) mass is 243 g/mol. The second-order valence-electron chi connectivity index (χ2n) is 2.63. The molecule has 0 saturated heterocycles. The summed E-state index contributed by atoms with van der Waals surface area (Å²) in [5.41, 5.74) is -0.837. The average molecular weight is 243 g/mol. The lowest BCUT2D eigenvalue weighted by atomic mass is 10.3. The van der Waals surface area contributed by atoms with E-state index in [-0.39, 0.29) is 16.9 Å². The summed E-state index contributed by atoms with van der Waals surface area (Å²) in [7, 11) is 0. The molecule has 0 aliphatic heterocycles. The molecule has 1 heterocycles. The van der Waals surface area contributed by atoms with Crippen molar-refractivity contribution in [1.29, 1.82) is 0 Å². The second-order valence-corrected chi connectivity index (χ2v) is 3.04. The molecule has 3 N–H and O–H groups in total. The first-order valence-electron chi connectivity index (χ1n) is 4.31. The highest BCUT2D eigenvalue weighted by Crippen LogP contribution is 2.03. The van der Waals surface area contributed by atoms with E-state index in [1.54, 1.807) is 6.92 Å². The molecule has 0 aliphatic rings. The lowest BCUT2D eigenvalue weighted by Crippen LogP contribution is -2.14. The third-order valence-corrected chi connectivity index (χ3v) is 1.73. The Morgan fingerprint density at radius 1 is 1.62 bits per heavy atom. The Morgan fingerprint density at radius 3 is 2.88 bits per heavy atom. The average Bonchev–Trinajstić information content (AvgIpc) is 2.16. The topological polar surface area (TPSA) is 108 Å². The van der Waals surface area contributed by atoms with Crippen molar-refractivity contribution in [2.45, 2.75) is 6.92 Å². The van der Waals surface area contributed by atoms with Crippen LogP contribution in [0.3, 0.4) is 0 Å². The summed E-state index contributed by atoms with van der Waals surface area (Å²) in [5.74, 6) is -0.457. The molecule has 8 heteroatoms. The van der Waals surface area contributed by atoms with Crippen molar-refractivity contribution in [1.82, 2.24) is 9.97 Å². The maximum absolute atomic E-state index is 11.3. The lowest BCUT2D eigenvalue weighted by Gasteiger charge is -1.97. The molecule has 1 aromatic rings. The van der Waals surface area contributed by atoms with Gasteiger partial charge in [-0.2, -0.15) is 4.99 Å². The molecule has 1 rings (SSSR count). The van der Waals surface area contributed by atoms with Gasteiger partial charge in [0.1, 0.15) is 5.56 Å². The van der Waals surface area contributed by atoms with Gasteiger partial charge in [-0.15, -0.1) is 0 Å². The van der Waals surface area contributed by atoms with E-state index < -0.39 is 17.5 Å². The van der Waals surface area contributed by atoms with Gasteiger partial charge in [-0.05, 0) is 19.1 Å². The summed E-state index contributed by atoms with van der Waals surface area (Å²) >= 11 is 4.62. The third kappa shape index (κ3) is 3.02.